The van der Waals surface area contributed by atoms with Crippen molar-refractivity contribution in [3.63, 3.8) is 0 Å². The molecule has 3 aliphatic heterocycles. The SMILES string of the molecule is C=CCCCOC(=O)[C@H]1[C@H]2C(=O)N([C@H](C)CO)C(C(=O)N(CC=C)CCCCC)C23CC[C@]1(C)S3. The Labute approximate surface area is 214 Å². The molecule has 0 aromatic carbocycles. The second-order valence-corrected chi connectivity index (χ2v) is 12.3. The first-order valence-corrected chi connectivity index (χ1v) is 13.8. The number of hydrogen-bond donors (Lipinski definition) is 1. The smallest absolute Gasteiger partial charge is 0.311 e. The summed E-state index contributed by atoms with van der Waals surface area (Å²) in [5.41, 5.74) is 0. The molecule has 0 saturated carbocycles. The Morgan fingerprint density at radius 2 is 2.03 bits per heavy atom. The molecule has 35 heavy (non-hydrogen) atoms. The van der Waals surface area contributed by atoms with E-state index in [1.165, 1.54) is 0 Å². The lowest BCUT2D eigenvalue weighted by Crippen LogP contribution is -2.57. The van der Waals surface area contributed by atoms with Crippen LogP contribution >= 0.6 is 11.8 Å². The molecule has 3 fully saturated rings. The van der Waals surface area contributed by atoms with Crippen LogP contribution in [0.5, 0.6) is 0 Å². The molecule has 3 saturated heterocycles. The van der Waals surface area contributed by atoms with Crippen LogP contribution in [0.4, 0.5) is 0 Å². The third-order valence-corrected chi connectivity index (χ3v) is 9.92. The number of aliphatic hydroxyl groups is 1. The van der Waals surface area contributed by atoms with Crippen LogP contribution < -0.4 is 0 Å². The maximum Gasteiger partial charge on any atom is 0.311 e. The highest BCUT2D eigenvalue weighted by Crippen LogP contribution is 2.71. The normalized spacial score (nSPS) is 31.8. The zero-order valence-corrected chi connectivity index (χ0v) is 22.4. The van der Waals surface area contributed by atoms with Crippen molar-refractivity contribution in [3.05, 3.63) is 25.3 Å². The van der Waals surface area contributed by atoms with Crippen LogP contribution in [0.3, 0.4) is 0 Å². The van der Waals surface area contributed by atoms with Crippen molar-refractivity contribution in [2.75, 3.05) is 26.3 Å². The number of ether oxygens (including phenoxy) is 1. The molecule has 3 aliphatic rings. The number of carbonyl (C=O) groups excluding carboxylic acids is 3. The van der Waals surface area contributed by atoms with Crippen molar-refractivity contribution < 1.29 is 24.2 Å². The number of thioether (sulfide) groups is 1. The number of nitrogens with zero attached hydrogens (tertiary/aromatic N) is 2. The molecule has 0 radical (unpaired) electrons. The molecule has 1 N–H and O–H groups in total. The Kier molecular flexibility index (Phi) is 9.13. The summed E-state index contributed by atoms with van der Waals surface area (Å²) in [7, 11) is 0. The molecule has 7 nitrogen and oxygen atoms in total. The average Bonchev–Trinajstić information content (AvgIpc) is 3.41. The Balaban J connectivity index is 1.96. The number of allylic oxidation sites excluding steroid dienone is 1. The van der Waals surface area contributed by atoms with Gasteiger partial charge in [0.1, 0.15) is 6.04 Å². The Morgan fingerprint density at radius 3 is 2.66 bits per heavy atom. The summed E-state index contributed by atoms with van der Waals surface area (Å²) in [5.74, 6) is -1.88. The van der Waals surface area contributed by atoms with Crippen LogP contribution in [0.25, 0.3) is 0 Å². The minimum absolute atomic E-state index is 0.103. The van der Waals surface area contributed by atoms with Gasteiger partial charge >= 0.3 is 5.97 Å². The molecule has 0 aromatic rings. The standard InChI is InChI=1S/C27H42N2O5S/c1-6-9-11-16-28(15-8-3)24(32)22-27-14-13-26(5,35-27)21(25(33)34-17-12-10-7-2)20(27)23(31)29(22)19(4)18-30/h7-8,19-22,30H,2-3,6,9-18H2,1,4-5H3/t19-,20+,21-,22?,26+,27?/m1/s1. The maximum absolute atomic E-state index is 14.1. The van der Waals surface area contributed by atoms with Crippen LogP contribution in [0.2, 0.25) is 0 Å². The van der Waals surface area contributed by atoms with E-state index in [1.54, 1.807) is 40.6 Å². The van der Waals surface area contributed by atoms with Crippen molar-refractivity contribution >= 4 is 29.5 Å². The highest BCUT2D eigenvalue weighted by molar-refractivity contribution is 8.02. The minimum atomic E-state index is -0.714. The molecule has 1 spiro atoms. The first-order chi connectivity index (χ1) is 16.7. The van der Waals surface area contributed by atoms with Gasteiger partial charge in [-0.05, 0) is 46.0 Å². The van der Waals surface area contributed by atoms with Crippen LogP contribution in [0.1, 0.15) is 65.7 Å². The van der Waals surface area contributed by atoms with Gasteiger partial charge in [-0.1, -0.05) is 31.9 Å². The van der Waals surface area contributed by atoms with E-state index in [1.807, 2.05) is 6.92 Å². The Morgan fingerprint density at radius 1 is 1.29 bits per heavy atom. The number of fused-ring (bicyclic) bond motifs is 1. The van der Waals surface area contributed by atoms with Gasteiger partial charge in [-0.3, -0.25) is 14.4 Å². The molecular weight excluding hydrogens is 464 g/mol. The molecule has 196 valence electrons. The number of aliphatic hydroxyl groups excluding tert-OH is 1. The number of amides is 2. The minimum Gasteiger partial charge on any atom is -0.465 e. The maximum atomic E-state index is 14.1. The molecule has 0 aliphatic carbocycles. The molecule has 2 amide bonds. The number of hydrogen-bond acceptors (Lipinski definition) is 6. The van der Waals surface area contributed by atoms with Crippen LogP contribution in [0.15, 0.2) is 25.3 Å². The van der Waals surface area contributed by atoms with Crippen LogP contribution in [-0.4, -0.2) is 80.6 Å². The first kappa shape index (κ1) is 27.8. The lowest BCUT2D eigenvalue weighted by Gasteiger charge is -2.38. The fourth-order valence-corrected chi connectivity index (χ4v) is 8.55. The molecule has 8 heteroatoms. The third-order valence-electron chi connectivity index (χ3n) is 7.93. The number of likely N-dealkylation sites (tertiary alicyclic amines) is 1. The molecule has 2 unspecified atom stereocenters. The van der Waals surface area contributed by atoms with Gasteiger partial charge in [0.15, 0.2) is 0 Å². The van der Waals surface area contributed by atoms with E-state index in [0.717, 1.165) is 32.1 Å². The molecule has 3 rings (SSSR count). The topological polar surface area (TPSA) is 87.1 Å². The van der Waals surface area contributed by atoms with Gasteiger partial charge in [-0.2, -0.15) is 0 Å². The second kappa shape index (κ2) is 11.5. The summed E-state index contributed by atoms with van der Waals surface area (Å²) < 4.78 is 4.50. The zero-order valence-electron chi connectivity index (χ0n) is 21.5. The molecule has 2 bridgehead atoms. The lowest BCUT2D eigenvalue weighted by molar-refractivity contribution is -0.156. The molecule has 3 heterocycles. The summed E-state index contributed by atoms with van der Waals surface area (Å²) in [6.07, 6.45) is 9.34. The highest BCUT2D eigenvalue weighted by Gasteiger charge is 2.78. The van der Waals surface area contributed by atoms with Crippen LogP contribution in [0, 0.1) is 11.8 Å². The van der Waals surface area contributed by atoms with E-state index in [2.05, 4.69) is 20.1 Å². The molecule has 0 aromatic heterocycles. The van der Waals surface area contributed by atoms with Crippen molar-refractivity contribution in [2.24, 2.45) is 11.8 Å². The van der Waals surface area contributed by atoms with E-state index in [0.29, 0.717) is 32.5 Å². The van der Waals surface area contributed by atoms with Crippen molar-refractivity contribution in [2.45, 2.75) is 87.3 Å². The van der Waals surface area contributed by atoms with Gasteiger partial charge in [0.05, 0.1) is 35.8 Å². The highest BCUT2D eigenvalue weighted by atomic mass is 32.2. The van der Waals surface area contributed by atoms with Gasteiger partial charge in [0, 0.05) is 17.8 Å². The first-order valence-electron chi connectivity index (χ1n) is 13.0. The van der Waals surface area contributed by atoms with Crippen molar-refractivity contribution in [3.8, 4) is 0 Å². The van der Waals surface area contributed by atoms with Crippen molar-refractivity contribution in [1.29, 1.82) is 0 Å². The largest absolute Gasteiger partial charge is 0.465 e. The summed E-state index contributed by atoms with van der Waals surface area (Å²) in [6.45, 7) is 14.5. The Bertz CT molecular complexity index is 834. The fourth-order valence-electron chi connectivity index (χ4n) is 6.23. The molecule has 6 atom stereocenters. The summed E-state index contributed by atoms with van der Waals surface area (Å²) in [6, 6.07) is -1.23. The summed E-state index contributed by atoms with van der Waals surface area (Å²) in [5, 5.41) is 10.0. The van der Waals surface area contributed by atoms with E-state index < -0.39 is 33.4 Å². The van der Waals surface area contributed by atoms with Gasteiger partial charge in [-0.25, -0.2) is 0 Å². The number of carbonyl (C=O) groups is 3. The third kappa shape index (κ3) is 4.93. The van der Waals surface area contributed by atoms with Gasteiger partial charge in [-0.15, -0.1) is 24.9 Å². The fraction of sp³-hybridized carbons (Fsp3) is 0.741. The van der Waals surface area contributed by atoms with Crippen molar-refractivity contribution in [1.82, 2.24) is 9.80 Å². The lowest BCUT2D eigenvalue weighted by atomic mass is 9.66. The number of unbranched alkanes of at least 4 members (excludes halogenated alkanes) is 3. The van der Waals surface area contributed by atoms with Gasteiger partial charge in [0.25, 0.3) is 0 Å². The zero-order chi connectivity index (χ0) is 25.8. The second-order valence-electron chi connectivity index (χ2n) is 10.4. The summed E-state index contributed by atoms with van der Waals surface area (Å²) >= 11 is 1.63. The van der Waals surface area contributed by atoms with E-state index in [4.69, 9.17) is 4.74 Å². The monoisotopic (exact) mass is 506 g/mol. The summed E-state index contributed by atoms with van der Waals surface area (Å²) in [4.78, 5) is 44.8. The quantitative estimate of drug-likeness (QED) is 0.220. The van der Waals surface area contributed by atoms with E-state index >= 15 is 0 Å². The van der Waals surface area contributed by atoms with Gasteiger partial charge < -0.3 is 19.6 Å². The van der Waals surface area contributed by atoms with Crippen LogP contribution in [-0.2, 0) is 19.1 Å². The predicted molar refractivity (Wildman–Crippen MR) is 139 cm³/mol. The predicted octanol–water partition coefficient (Wildman–Crippen LogP) is 3.56. The van der Waals surface area contributed by atoms with Gasteiger partial charge in [0.2, 0.25) is 11.8 Å². The number of rotatable bonds is 14. The number of esters is 1. The van der Waals surface area contributed by atoms with E-state index in [9.17, 15) is 19.5 Å². The Hall–Kier alpha value is -1.80. The average molecular weight is 507 g/mol. The van der Waals surface area contributed by atoms with E-state index in [-0.39, 0.29) is 24.4 Å². The molecular formula is C27H42N2O5S.